The van der Waals surface area contributed by atoms with Crippen molar-refractivity contribution >= 4 is 194 Å². The van der Waals surface area contributed by atoms with E-state index in [2.05, 4.69) is 57.0 Å². The lowest BCUT2D eigenvalue weighted by Crippen LogP contribution is -2.49. The molecular weight excluding hydrogens is 1670 g/mol. The summed E-state index contributed by atoms with van der Waals surface area (Å²) in [7, 11) is 0. The zero-order chi connectivity index (χ0) is 83.3. The van der Waals surface area contributed by atoms with Gasteiger partial charge in [0.2, 0.25) is 52.7 Å². The number of amides is 14. The Labute approximate surface area is 677 Å². The van der Waals surface area contributed by atoms with Crippen LogP contribution in [0.2, 0.25) is 0 Å². The van der Waals surface area contributed by atoms with E-state index in [4.69, 9.17) is 138 Å². The molecule has 0 bridgehead atoms. The molecule has 14 amide bonds. The lowest BCUT2D eigenvalue weighted by atomic mass is 10.1. The Bertz CT molecular complexity index is 3000. The highest BCUT2D eigenvalue weighted by Gasteiger charge is 2.39. The fraction of sp³-hybridized carbons (Fsp3) is 0.661. The van der Waals surface area contributed by atoms with Gasteiger partial charge in [0, 0.05) is 104 Å². The van der Waals surface area contributed by atoms with E-state index in [1.807, 2.05) is 0 Å². The summed E-state index contributed by atoms with van der Waals surface area (Å²) in [6.45, 7) is -2.36. The summed E-state index contributed by atoms with van der Waals surface area (Å²) >= 11 is 51.4. The molecule has 0 atom stereocenters. The van der Waals surface area contributed by atoms with E-state index in [0.717, 1.165) is 50.2 Å². The van der Waals surface area contributed by atoms with Gasteiger partial charge in [-0.25, -0.2) is 28.8 Å². The van der Waals surface area contributed by atoms with Crippen molar-refractivity contribution in [2.45, 2.75) is 88.2 Å². The molecule has 0 aliphatic rings. The molecule has 0 unspecified atom stereocenters. The average Bonchev–Trinajstić information content (AvgIpc) is 0.906. The van der Waals surface area contributed by atoms with Crippen LogP contribution in [0.5, 0.6) is 0 Å². The molecule has 0 aromatic rings. The Hall–Kier alpha value is -7.53. The summed E-state index contributed by atoms with van der Waals surface area (Å²) in [5, 5.41) is 27.9. The number of ether oxygens (including phenoxy) is 6. The van der Waals surface area contributed by atoms with Gasteiger partial charge in [-0.2, -0.15) is 13.2 Å². The predicted molar refractivity (Wildman–Crippen MR) is 398 cm³/mol. The summed E-state index contributed by atoms with van der Waals surface area (Å²) < 4.78 is 62.1. The Morgan fingerprint density at radius 2 is 0.527 bits per heavy atom. The van der Waals surface area contributed by atoms with Crippen molar-refractivity contribution < 1.29 is 119 Å². The van der Waals surface area contributed by atoms with Crippen molar-refractivity contribution in [1.29, 1.82) is 0 Å². The van der Waals surface area contributed by atoms with Crippen molar-refractivity contribution in [3.05, 3.63) is 38.0 Å². The third kappa shape index (κ3) is 55.8. The second-order valence-electron chi connectivity index (χ2n) is 22.9. The van der Waals surface area contributed by atoms with Gasteiger partial charge in [-0.15, -0.1) is 0 Å². The fourth-order valence-corrected chi connectivity index (χ4v) is 8.94. The number of carbonyl (C=O) groups excluding carboxylic acids is 14. The second-order valence-corrected chi connectivity index (χ2v) is 30.5. The van der Waals surface area contributed by atoms with Gasteiger partial charge in [-0.1, -0.05) is 174 Å². The predicted octanol–water partition coefficient (Wildman–Crippen LogP) is 5.15. The van der Waals surface area contributed by atoms with Crippen molar-refractivity contribution in [2.75, 3.05) is 171 Å². The number of halogens is 12. The highest BCUT2D eigenvalue weighted by atomic mass is 35.6. The minimum Gasteiger partial charge on any atom is -0.481 e. The topological polar surface area (TPSA) is 447 Å². The summed E-state index contributed by atoms with van der Waals surface area (Å²) in [4.78, 5) is 196. The van der Waals surface area contributed by atoms with Crippen LogP contribution >= 0.6 is 104 Å². The number of nitrogens with one attached hydrogen (secondary N) is 8. The van der Waals surface area contributed by atoms with E-state index in [0.29, 0.717) is 50.0 Å². The Balaban J connectivity index is 5.85. The average molecular weight is 1760 g/mol. The van der Waals surface area contributed by atoms with Gasteiger partial charge in [0.25, 0.3) is 0 Å². The molecule has 36 nitrogen and oxygen atoms in total. The minimum absolute atomic E-state index is 0.0835. The maximum Gasteiger partial charge on any atom is 0.471 e. The van der Waals surface area contributed by atoms with Crippen LogP contribution in [-0.4, -0.2) is 312 Å². The van der Waals surface area contributed by atoms with Crippen LogP contribution < -0.4 is 42.5 Å². The van der Waals surface area contributed by atoms with Crippen LogP contribution in [0.1, 0.15) is 70.6 Å². The number of hydrogen-bond acceptors (Lipinski definition) is 21. The standard InChI is InChI=1S/C62H92Cl9F3N14O22/c1-4-32-105-53(99)83(37-47(92)80-23-29-86(56(102)108-41-59(63,64)65)35-45(90)76-19-15-11-9-12-16-44(89)75-18-14-10-7-8-13-17-51(96)97)26-20-77-46(91)36-84(54(100)106-33-5-2)27-21-78-49(94)39-87(57(103)109-42-60(66,67)68)30-24-81-48(93)38-85(55(101)107-34-6-3)28-22-79-50(95)40-88(58(104)110-43-61(69,70)71)31-25-82-52(98)62(72,73)74/h4-6H,1-3,7-43H2,(H,75,89)(H,76,90)(H,77,91)(H,78,94)(H,79,95)(H,80,92)(H,81,93)(H,82,98)(H,96,97). The summed E-state index contributed by atoms with van der Waals surface area (Å²) in [6.07, 6.45) is -1.56. The first kappa shape index (κ1) is 102. The van der Waals surface area contributed by atoms with E-state index < -0.39 is 213 Å². The van der Waals surface area contributed by atoms with Crippen LogP contribution in [0.15, 0.2) is 38.0 Å². The van der Waals surface area contributed by atoms with Crippen LogP contribution in [-0.2, 0) is 71.6 Å². The van der Waals surface area contributed by atoms with Gasteiger partial charge in [0.15, 0.2) is 0 Å². The van der Waals surface area contributed by atoms with Gasteiger partial charge < -0.3 is 76.1 Å². The number of carbonyl (C=O) groups is 15. The van der Waals surface area contributed by atoms with Gasteiger partial charge in [0.1, 0.15) is 78.9 Å². The van der Waals surface area contributed by atoms with Gasteiger partial charge in [-0.3, -0.25) is 72.6 Å². The van der Waals surface area contributed by atoms with Gasteiger partial charge >= 0.3 is 54.6 Å². The molecular formula is C62H92Cl9F3N14O22. The third-order valence-corrected chi connectivity index (χ3v) is 14.6. The smallest absolute Gasteiger partial charge is 0.471 e. The molecule has 0 radical (unpaired) electrons. The summed E-state index contributed by atoms with van der Waals surface area (Å²) in [5.74, 6) is -8.34. The molecule has 0 heterocycles. The number of rotatable bonds is 54. The van der Waals surface area contributed by atoms with E-state index in [-0.39, 0.29) is 64.9 Å². The third-order valence-electron chi connectivity index (χ3n) is 13.6. The molecule has 0 aromatic carbocycles. The highest BCUT2D eigenvalue weighted by molar-refractivity contribution is 6.68. The van der Waals surface area contributed by atoms with Crippen LogP contribution in [0.3, 0.4) is 0 Å². The SMILES string of the molecule is C=CCOC(=O)N(CCNC(=O)CN(CCNC(=O)CN(CCNC(=O)CN(CCNC(=O)C(F)(F)F)C(=O)OCC(Cl)(Cl)Cl)C(=O)OCC=C)C(=O)OCC(Cl)(Cl)Cl)CC(=O)NCCN(CC(=O)NCCN(CC(=O)NCCCCCCC(=O)NCCCCCCCC(=O)O)C(=O)OCC(Cl)(Cl)Cl)C(=O)OCC=C. The Morgan fingerprint density at radius 3 is 0.773 bits per heavy atom. The van der Waals surface area contributed by atoms with Gasteiger partial charge in [0.05, 0.1) is 0 Å². The van der Waals surface area contributed by atoms with E-state index in [1.54, 1.807) is 0 Å². The monoisotopic (exact) mass is 1760 g/mol. The molecule has 0 rings (SSSR count). The number of hydrogen-bond donors (Lipinski definition) is 9. The minimum atomic E-state index is -5.28. The molecule has 48 heteroatoms. The normalized spacial score (nSPS) is 11.1. The first-order valence-electron chi connectivity index (χ1n) is 33.6. The molecule has 0 saturated heterocycles. The first-order valence-corrected chi connectivity index (χ1v) is 37.0. The quantitative estimate of drug-likeness (QED) is 0.0164. The maximum atomic E-state index is 13.4. The number of alkyl halides is 12. The Morgan fingerprint density at radius 1 is 0.309 bits per heavy atom. The van der Waals surface area contributed by atoms with Crippen molar-refractivity contribution in [2.24, 2.45) is 0 Å². The highest BCUT2D eigenvalue weighted by Crippen LogP contribution is 2.28. The fourth-order valence-electron chi connectivity index (χ4n) is 8.45. The summed E-state index contributed by atoms with van der Waals surface area (Å²) in [5.41, 5.74) is 0. The van der Waals surface area contributed by atoms with E-state index in [1.165, 1.54) is 23.5 Å². The molecule has 0 aliphatic carbocycles. The lowest BCUT2D eigenvalue weighted by Gasteiger charge is -2.25. The molecule has 9 N–H and O–H groups in total. The number of unbranched alkanes of at least 4 members (excludes halogenated alkanes) is 7. The molecule has 0 saturated carbocycles. The first-order chi connectivity index (χ1) is 51.6. The van der Waals surface area contributed by atoms with Crippen LogP contribution in [0.25, 0.3) is 0 Å². The van der Waals surface area contributed by atoms with Crippen molar-refractivity contribution in [3.8, 4) is 0 Å². The van der Waals surface area contributed by atoms with Gasteiger partial charge in [-0.05, 0) is 25.7 Å². The molecule has 0 aliphatic heterocycles. The zero-order valence-electron chi connectivity index (χ0n) is 59.8. The summed E-state index contributed by atoms with van der Waals surface area (Å²) in [6, 6.07) is 0. The molecule has 0 aromatic heterocycles. The number of aliphatic carboxylic acids is 1. The lowest BCUT2D eigenvalue weighted by molar-refractivity contribution is -0.173. The van der Waals surface area contributed by atoms with E-state index in [9.17, 15) is 85.1 Å². The molecule has 0 spiro atoms. The zero-order valence-corrected chi connectivity index (χ0v) is 66.6. The van der Waals surface area contributed by atoms with Crippen molar-refractivity contribution in [3.63, 3.8) is 0 Å². The maximum absolute atomic E-state index is 13.4. The Kier molecular flexibility index (Phi) is 53.6. The second kappa shape index (κ2) is 57.5. The molecule has 626 valence electrons. The van der Waals surface area contributed by atoms with Crippen molar-refractivity contribution in [1.82, 2.24) is 71.9 Å². The van der Waals surface area contributed by atoms with Crippen LogP contribution in [0, 0.1) is 0 Å². The van der Waals surface area contributed by atoms with E-state index >= 15 is 0 Å². The largest absolute Gasteiger partial charge is 0.481 e. The molecule has 0 fully saturated rings. The number of carboxylic acid groups (broad SMARTS) is 1. The molecule has 110 heavy (non-hydrogen) atoms. The number of carboxylic acids is 1. The number of nitrogens with zero attached hydrogens (tertiary/aromatic N) is 6. The van der Waals surface area contributed by atoms with Crippen LogP contribution in [0.4, 0.5) is 41.9 Å².